The lowest BCUT2D eigenvalue weighted by atomic mass is 10.0. The van der Waals surface area contributed by atoms with E-state index in [0.29, 0.717) is 6.42 Å². The molecule has 1 atom stereocenters. The lowest BCUT2D eigenvalue weighted by Crippen LogP contribution is -2.42. The Bertz CT molecular complexity index is 445. The van der Waals surface area contributed by atoms with Gasteiger partial charge in [0.05, 0.1) is 6.61 Å². The smallest absolute Gasteiger partial charge is 0.408 e. The van der Waals surface area contributed by atoms with Crippen LogP contribution >= 0.6 is 0 Å². The summed E-state index contributed by atoms with van der Waals surface area (Å²) in [5.74, 6) is -0.170. The van der Waals surface area contributed by atoms with Gasteiger partial charge in [-0.1, -0.05) is 44.2 Å². The summed E-state index contributed by atoms with van der Waals surface area (Å²) in [4.78, 5) is 23.6. The second-order valence-corrected chi connectivity index (χ2v) is 5.14. The maximum absolute atomic E-state index is 11.8. The predicted molar refractivity (Wildman–Crippen MR) is 79.6 cm³/mol. The average molecular weight is 293 g/mol. The van der Waals surface area contributed by atoms with Crippen molar-refractivity contribution in [2.24, 2.45) is 5.92 Å². The van der Waals surface area contributed by atoms with E-state index in [1.165, 1.54) is 0 Å². The Morgan fingerprint density at radius 1 is 1.14 bits per heavy atom. The zero-order valence-corrected chi connectivity index (χ0v) is 12.8. The second kappa shape index (κ2) is 9.00. The number of carbonyl (C=O) groups is 2. The van der Waals surface area contributed by atoms with Crippen LogP contribution in [0.5, 0.6) is 0 Å². The summed E-state index contributed by atoms with van der Waals surface area (Å²) < 4.78 is 10.1. The Morgan fingerprint density at radius 2 is 1.81 bits per heavy atom. The Morgan fingerprint density at radius 3 is 2.38 bits per heavy atom. The van der Waals surface area contributed by atoms with Crippen molar-refractivity contribution in [3.05, 3.63) is 35.9 Å². The van der Waals surface area contributed by atoms with E-state index in [-0.39, 0.29) is 19.1 Å². The largest absolute Gasteiger partial charge is 0.464 e. The van der Waals surface area contributed by atoms with E-state index >= 15 is 0 Å². The van der Waals surface area contributed by atoms with Crippen LogP contribution < -0.4 is 5.32 Å². The van der Waals surface area contributed by atoms with E-state index < -0.39 is 18.1 Å². The number of benzene rings is 1. The number of hydrogen-bond donors (Lipinski definition) is 1. The van der Waals surface area contributed by atoms with E-state index in [1.54, 1.807) is 6.92 Å². The highest BCUT2D eigenvalue weighted by Gasteiger charge is 2.23. The summed E-state index contributed by atoms with van der Waals surface area (Å²) in [6.45, 7) is 6.14. The SMILES string of the molecule is CCOC(=O)[C@H](CC(C)C)NC(=O)OCc1ccccc1. The van der Waals surface area contributed by atoms with Crippen LogP contribution in [0.25, 0.3) is 0 Å². The number of alkyl carbamates (subject to hydrolysis) is 1. The maximum Gasteiger partial charge on any atom is 0.408 e. The molecule has 21 heavy (non-hydrogen) atoms. The predicted octanol–water partition coefficient (Wildman–Crippen LogP) is 2.89. The van der Waals surface area contributed by atoms with Crippen molar-refractivity contribution in [1.29, 1.82) is 0 Å². The van der Waals surface area contributed by atoms with E-state index in [1.807, 2.05) is 44.2 Å². The summed E-state index contributed by atoms with van der Waals surface area (Å²) in [6.07, 6.45) is -0.100. The number of amides is 1. The zero-order valence-electron chi connectivity index (χ0n) is 12.8. The normalized spacial score (nSPS) is 11.8. The molecule has 0 saturated carbocycles. The molecule has 1 aromatic carbocycles. The minimum atomic E-state index is -0.673. The first-order chi connectivity index (χ1) is 10.0. The molecule has 5 nitrogen and oxygen atoms in total. The lowest BCUT2D eigenvalue weighted by molar-refractivity contribution is -0.146. The molecule has 0 heterocycles. The van der Waals surface area contributed by atoms with Crippen LogP contribution in [0.1, 0.15) is 32.8 Å². The van der Waals surface area contributed by atoms with Gasteiger partial charge in [0.2, 0.25) is 0 Å². The molecule has 1 rings (SSSR count). The topological polar surface area (TPSA) is 64.6 Å². The summed E-state index contributed by atoms with van der Waals surface area (Å²) in [5, 5.41) is 2.57. The van der Waals surface area contributed by atoms with Gasteiger partial charge in [0, 0.05) is 0 Å². The van der Waals surface area contributed by atoms with Crippen LogP contribution in [-0.2, 0) is 20.9 Å². The standard InChI is InChI=1S/C16H23NO4/c1-4-20-15(18)14(10-12(2)3)17-16(19)21-11-13-8-6-5-7-9-13/h5-9,12,14H,4,10-11H2,1-3H3,(H,17,19)/t14-/m0/s1. The van der Waals surface area contributed by atoms with Crippen LogP contribution in [0.4, 0.5) is 4.79 Å². The monoisotopic (exact) mass is 293 g/mol. The Hall–Kier alpha value is -2.04. The first-order valence-corrected chi connectivity index (χ1v) is 7.16. The number of nitrogens with one attached hydrogen (secondary N) is 1. The third-order valence-electron chi connectivity index (χ3n) is 2.78. The molecule has 0 spiro atoms. The third-order valence-corrected chi connectivity index (χ3v) is 2.78. The van der Waals surface area contributed by atoms with Crippen molar-refractivity contribution in [2.75, 3.05) is 6.61 Å². The molecule has 116 valence electrons. The molecule has 0 saturated heterocycles. The van der Waals surface area contributed by atoms with Crippen molar-refractivity contribution in [3.63, 3.8) is 0 Å². The highest BCUT2D eigenvalue weighted by molar-refractivity contribution is 5.81. The molecular formula is C16H23NO4. The fourth-order valence-electron chi connectivity index (χ4n) is 1.84. The van der Waals surface area contributed by atoms with Crippen LogP contribution in [0, 0.1) is 5.92 Å². The van der Waals surface area contributed by atoms with Crippen molar-refractivity contribution in [1.82, 2.24) is 5.32 Å². The van der Waals surface area contributed by atoms with Crippen molar-refractivity contribution in [3.8, 4) is 0 Å². The van der Waals surface area contributed by atoms with Gasteiger partial charge in [-0.2, -0.15) is 0 Å². The fourth-order valence-corrected chi connectivity index (χ4v) is 1.84. The van der Waals surface area contributed by atoms with E-state index in [2.05, 4.69) is 5.32 Å². The first-order valence-electron chi connectivity index (χ1n) is 7.16. The molecule has 0 aliphatic heterocycles. The van der Waals surface area contributed by atoms with E-state index in [4.69, 9.17) is 9.47 Å². The molecule has 0 aromatic heterocycles. The molecule has 0 radical (unpaired) electrons. The molecule has 5 heteroatoms. The van der Waals surface area contributed by atoms with Gasteiger partial charge < -0.3 is 14.8 Å². The summed E-state index contributed by atoms with van der Waals surface area (Å²) in [6, 6.07) is 8.69. The summed E-state index contributed by atoms with van der Waals surface area (Å²) >= 11 is 0. The molecule has 0 fully saturated rings. The van der Waals surface area contributed by atoms with Crippen molar-refractivity contribution >= 4 is 12.1 Å². The van der Waals surface area contributed by atoms with Gasteiger partial charge in [-0.25, -0.2) is 9.59 Å². The Labute approximate surface area is 125 Å². The van der Waals surface area contributed by atoms with E-state index in [0.717, 1.165) is 5.56 Å². The fraction of sp³-hybridized carbons (Fsp3) is 0.500. The van der Waals surface area contributed by atoms with Gasteiger partial charge in [-0.15, -0.1) is 0 Å². The summed E-state index contributed by atoms with van der Waals surface area (Å²) in [7, 11) is 0. The molecule has 0 aliphatic carbocycles. The number of hydrogen-bond acceptors (Lipinski definition) is 4. The van der Waals surface area contributed by atoms with Gasteiger partial charge >= 0.3 is 12.1 Å². The van der Waals surface area contributed by atoms with Crippen LogP contribution in [0.2, 0.25) is 0 Å². The molecule has 0 bridgehead atoms. The molecule has 0 aliphatic rings. The summed E-state index contributed by atoms with van der Waals surface area (Å²) in [5.41, 5.74) is 0.893. The van der Waals surface area contributed by atoms with Crippen LogP contribution in [0.3, 0.4) is 0 Å². The highest BCUT2D eigenvalue weighted by Crippen LogP contribution is 2.07. The Balaban J connectivity index is 2.49. The average Bonchev–Trinajstić information content (AvgIpc) is 2.45. The minimum absolute atomic E-state index is 0.171. The number of rotatable bonds is 7. The van der Waals surface area contributed by atoms with Crippen molar-refractivity contribution in [2.45, 2.75) is 39.8 Å². The molecule has 0 unspecified atom stereocenters. The highest BCUT2D eigenvalue weighted by atomic mass is 16.6. The van der Waals surface area contributed by atoms with Gasteiger partial charge in [-0.05, 0) is 24.8 Å². The van der Waals surface area contributed by atoms with Gasteiger partial charge in [0.1, 0.15) is 12.6 Å². The van der Waals surface area contributed by atoms with Gasteiger partial charge in [-0.3, -0.25) is 0 Å². The molecular weight excluding hydrogens is 270 g/mol. The minimum Gasteiger partial charge on any atom is -0.464 e. The molecule has 1 aromatic rings. The quantitative estimate of drug-likeness (QED) is 0.785. The molecule has 1 N–H and O–H groups in total. The van der Waals surface area contributed by atoms with E-state index in [9.17, 15) is 9.59 Å². The number of carbonyl (C=O) groups excluding carboxylic acids is 2. The Kier molecular flexibility index (Phi) is 7.29. The van der Waals surface area contributed by atoms with Crippen LogP contribution in [0.15, 0.2) is 30.3 Å². The van der Waals surface area contributed by atoms with Crippen LogP contribution in [-0.4, -0.2) is 24.7 Å². The number of esters is 1. The second-order valence-electron chi connectivity index (χ2n) is 5.14. The maximum atomic E-state index is 11.8. The van der Waals surface area contributed by atoms with Gasteiger partial charge in [0.25, 0.3) is 0 Å². The molecule has 1 amide bonds. The van der Waals surface area contributed by atoms with Crippen molar-refractivity contribution < 1.29 is 19.1 Å². The van der Waals surface area contributed by atoms with Gasteiger partial charge in [0.15, 0.2) is 0 Å². The first kappa shape index (κ1) is 17.0. The third kappa shape index (κ3) is 6.79. The number of ether oxygens (including phenoxy) is 2. The lowest BCUT2D eigenvalue weighted by Gasteiger charge is -2.18. The zero-order chi connectivity index (χ0) is 15.7.